The smallest absolute Gasteiger partial charge is 0.291 e. The highest BCUT2D eigenvalue weighted by Crippen LogP contribution is 2.41. The van der Waals surface area contributed by atoms with Crippen LogP contribution in [0.25, 0.3) is 11.1 Å². The maximum absolute atomic E-state index is 11.1. The van der Waals surface area contributed by atoms with Crippen LogP contribution >= 0.6 is 34.8 Å². The number of carbonyl (C=O) groups excluding carboxylic acids is 1. The van der Waals surface area contributed by atoms with Gasteiger partial charge in [0, 0.05) is 16.7 Å². The van der Waals surface area contributed by atoms with Gasteiger partial charge < -0.3 is 0 Å². The number of hydrogen-bond acceptors (Lipinski definition) is 3. The topological polar surface area (TPSA) is 60.2 Å². The maximum Gasteiger partial charge on any atom is 0.291 e. The first-order valence-electron chi connectivity index (χ1n) is 5.75. The summed E-state index contributed by atoms with van der Waals surface area (Å²) in [6.07, 6.45) is 0.532. The third kappa shape index (κ3) is 2.75. The predicted molar refractivity (Wildman–Crippen MR) is 83.7 cm³/mol. The first kappa shape index (κ1) is 15.8. The zero-order valence-electron chi connectivity index (χ0n) is 10.7. The highest BCUT2D eigenvalue weighted by molar-refractivity contribution is 6.41. The van der Waals surface area contributed by atoms with Crippen LogP contribution in [0, 0.1) is 17.0 Å². The molecule has 0 unspecified atom stereocenters. The van der Waals surface area contributed by atoms with E-state index in [1.54, 1.807) is 25.1 Å². The monoisotopic (exact) mass is 343 g/mol. The average Bonchev–Trinajstić information content (AvgIpc) is 2.40. The highest BCUT2D eigenvalue weighted by atomic mass is 35.5. The van der Waals surface area contributed by atoms with E-state index >= 15 is 0 Å². The van der Waals surface area contributed by atoms with Gasteiger partial charge in [0.05, 0.1) is 20.5 Å². The van der Waals surface area contributed by atoms with Crippen molar-refractivity contribution in [2.45, 2.75) is 6.92 Å². The number of carbonyl (C=O) groups is 1. The molecule has 0 saturated heterocycles. The van der Waals surface area contributed by atoms with Gasteiger partial charge in [-0.2, -0.15) is 0 Å². The van der Waals surface area contributed by atoms with E-state index in [1.807, 2.05) is 0 Å². The van der Waals surface area contributed by atoms with Gasteiger partial charge in [-0.1, -0.05) is 53.0 Å². The lowest BCUT2D eigenvalue weighted by molar-refractivity contribution is -0.385. The van der Waals surface area contributed by atoms with Crippen LogP contribution in [0.1, 0.15) is 15.9 Å². The van der Waals surface area contributed by atoms with Gasteiger partial charge in [0.1, 0.15) is 5.02 Å². The zero-order valence-corrected chi connectivity index (χ0v) is 13.0. The largest absolute Gasteiger partial charge is 0.298 e. The number of aldehydes is 1. The summed E-state index contributed by atoms with van der Waals surface area (Å²) in [5.41, 5.74) is 1.16. The van der Waals surface area contributed by atoms with E-state index in [2.05, 4.69) is 0 Å². The molecule has 0 saturated carbocycles. The molecule has 0 amide bonds. The molecule has 0 atom stereocenters. The van der Waals surface area contributed by atoms with Crippen molar-refractivity contribution in [1.82, 2.24) is 0 Å². The minimum atomic E-state index is -0.550. The molecule has 2 rings (SSSR count). The normalized spacial score (nSPS) is 10.5. The molecule has 2 aromatic carbocycles. The number of hydrogen-bond donors (Lipinski definition) is 0. The van der Waals surface area contributed by atoms with Gasteiger partial charge >= 0.3 is 0 Å². The number of benzene rings is 2. The third-order valence-electron chi connectivity index (χ3n) is 3.04. The molecule has 0 fully saturated rings. The van der Waals surface area contributed by atoms with Crippen LogP contribution in [0.4, 0.5) is 5.69 Å². The molecule has 7 heteroatoms. The van der Waals surface area contributed by atoms with E-state index in [9.17, 15) is 14.9 Å². The molecule has 0 heterocycles. The summed E-state index contributed by atoms with van der Waals surface area (Å²) in [6.45, 7) is 1.59. The van der Waals surface area contributed by atoms with Crippen LogP contribution in [-0.2, 0) is 0 Å². The van der Waals surface area contributed by atoms with E-state index in [0.29, 0.717) is 23.0 Å². The van der Waals surface area contributed by atoms with Gasteiger partial charge in [-0.3, -0.25) is 14.9 Å². The van der Waals surface area contributed by atoms with Crippen molar-refractivity contribution in [2.24, 2.45) is 0 Å². The lowest BCUT2D eigenvalue weighted by Crippen LogP contribution is -1.96. The summed E-state index contributed by atoms with van der Waals surface area (Å²) in [5.74, 6) is 0. The Morgan fingerprint density at radius 2 is 1.62 bits per heavy atom. The summed E-state index contributed by atoms with van der Waals surface area (Å²) < 4.78 is 0. The van der Waals surface area contributed by atoms with Gasteiger partial charge in [0.25, 0.3) is 5.69 Å². The quantitative estimate of drug-likeness (QED) is 0.429. The summed E-state index contributed by atoms with van der Waals surface area (Å²) in [7, 11) is 0. The number of nitrogens with zero attached hydrogens (tertiary/aromatic N) is 1. The van der Waals surface area contributed by atoms with Crippen LogP contribution in [0.3, 0.4) is 0 Å². The third-order valence-corrected chi connectivity index (χ3v) is 4.15. The lowest BCUT2D eigenvalue weighted by Gasteiger charge is -2.11. The van der Waals surface area contributed by atoms with Crippen molar-refractivity contribution in [3.05, 3.63) is 60.6 Å². The van der Waals surface area contributed by atoms with Gasteiger partial charge in [0.15, 0.2) is 6.29 Å². The van der Waals surface area contributed by atoms with Gasteiger partial charge in [0.2, 0.25) is 0 Å². The Balaban J connectivity index is 2.77. The molecule has 4 nitrogen and oxygen atoms in total. The van der Waals surface area contributed by atoms with Crippen molar-refractivity contribution >= 4 is 46.8 Å². The van der Waals surface area contributed by atoms with Crippen LogP contribution in [0.15, 0.2) is 24.3 Å². The molecule has 0 N–H and O–H groups in total. The zero-order chi connectivity index (χ0) is 15.7. The van der Waals surface area contributed by atoms with Crippen molar-refractivity contribution in [1.29, 1.82) is 0 Å². The van der Waals surface area contributed by atoms with E-state index in [1.165, 1.54) is 6.07 Å². The molecule has 0 aliphatic rings. The second-order valence-electron chi connectivity index (χ2n) is 4.29. The highest BCUT2D eigenvalue weighted by Gasteiger charge is 2.22. The number of nitro benzene ring substituents is 1. The SMILES string of the molecule is Cc1ccc(-c2ccc(Cl)c(C=O)c2Cl)c(Cl)c1[N+](=O)[O-]. The minimum Gasteiger partial charge on any atom is -0.298 e. The van der Waals surface area contributed by atoms with Crippen molar-refractivity contribution in [3.8, 4) is 11.1 Å². The Labute approximate surface area is 135 Å². The van der Waals surface area contributed by atoms with Crippen molar-refractivity contribution in [3.63, 3.8) is 0 Å². The molecule has 0 aromatic heterocycles. The van der Waals surface area contributed by atoms with E-state index in [0.717, 1.165) is 0 Å². The second-order valence-corrected chi connectivity index (χ2v) is 5.45. The molecule has 0 aliphatic heterocycles. The Kier molecular flexibility index (Phi) is 4.52. The van der Waals surface area contributed by atoms with E-state index in [4.69, 9.17) is 34.8 Å². The second kappa shape index (κ2) is 6.02. The van der Waals surface area contributed by atoms with E-state index < -0.39 is 4.92 Å². The fourth-order valence-corrected chi connectivity index (χ4v) is 2.92. The molecule has 2 aromatic rings. The number of nitro groups is 1. The Morgan fingerprint density at radius 1 is 1.05 bits per heavy atom. The van der Waals surface area contributed by atoms with Crippen LogP contribution in [0.5, 0.6) is 0 Å². The fraction of sp³-hybridized carbons (Fsp3) is 0.0714. The average molecular weight is 345 g/mol. The van der Waals surface area contributed by atoms with Gasteiger partial charge in [-0.05, 0) is 13.0 Å². The predicted octanol–water partition coefficient (Wildman–Crippen LogP) is 5.34. The van der Waals surface area contributed by atoms with Crippen molar-refractivity contribution < 1.29 is 9.72 Å². The first-order chi connectivity index (χ1) is 9.88. The molecule has 108 valence electrons. The van der Waals surface area contributed by atoms with Gasteiger partial charge in [-0.15, -0.1) is 0 Å². The van der Waals surface area contributed by atoms with E-state index in [-0.39, 0.29) is 26.3 Å². The number of rotatable bonds is 3. The van der Waals surface area contributed by atoms with Crippen molar-refractivity contribution in [2.75, 3.05) is 0 Å². The standard InChI is InChI=1S/C14H8Cl3NO3/c1-7-2-3-9(13(17)14(7)18(20)21)8-4-5-11(15)10(6-19)12(8)16/h2-6H,1H3. The summed E-state index contributed by atoms with van der Waals surface area (Å²) in [4.78, 5) is 21.6. The Bertz CT molecular complexity index is 760. The van der Waals surface area contributed by atoms with Crippen LogP contribution in [0.2, 0.25) is 15.1 Å². The molecule has 0 spiro atoms. The molecular weight excluding hydrogens is 337 g/mol. The van der Waals surface area contributed by atoms with Gasteiger partial charge in [-0.25, -0.2) is 0 Å². The number of halogens is 3. The molecule has 0 bridgehead atoms. The lowest BCUT2D eigenvalue weighted by atomic mass is 10.0. The molecule has 21 heavy (non-hydrogen) atoms. The maximum atomic E-state index is 11.1. The fourth-order valence-electron chi connectivity index (χ4n) is 1.98. The first-order valence-corrected chi connectivity index (χ1v) is 6.89. The number of aryl methyl sites for hydroxylation is 1. The Morgan fingerprint density at radius 3 is 2.19 bits per heavy atom. The molecular formula is C14H8Cl3NO3. The van der Waals surface area contributed by atoms with Crippen LogP contribution in [-0.4, -0.2) is 11.2 Å². The minimum absolute atomic E-state index is 0.0268. The summed E-state index contributed by atoms with van der Waals surface area (Å²) in [6, 6.07) is 6.26. The summed E-state index contributed by atoms with van der Waals surface area (Å²) in [5, 5.41) is 11.4. The molecule has 0 radical (unpaired) electrons. The molecule has 0 aliphatic carbocycles. The van der Waals surface area contributed by atoms with Crippen LogP contribution < -0.4 is 0 Å². The summed E-state index contributed by atoms with van der Waals surface area (Å²) >= 11 is 18.2. The Hall–Kier alpha value is -1.62.